The average molecular weight is 559 g/mol. The fourth-order valence-electron chi connectivity index (χ4n) is 4.94. The molecule has 0 radical (unpaired) electrons. The predicted octanol–water partition coefficient (Wildman–Crippen LogP) is 5.00. The van der Waals surface area contributed by atoms with Crippen LogP contribution in [0.25, 0.3) is 6.08 Å². The maximum Gasteiger partial charge on any atom is 0.309 e. The Bertz CT molecular complexity index is 1190. The first-order valence-electron chi connectivity index (χ1n) is 13.6. The van der Waals surface area contributed by atoms with Crippen molar-refractivity contribution in [1.29, 1.82) is 5.26 Å². The first-order valence-corrected chi connectivity index (χ1v) is 14.9. The van der Waals surface area contributed by atoms with Crippen molar-refractivity contribution in [3.05, 3.63) is 31.9 Å². The van der Waals surface area contributed by atoms with Gasteiger partial charge < -0.3 is 9.64 Å². The van der Waals surface area contributed by atoms with Gasteiger partial charge in [-0.15, -0.1) is 0 Å². The topological polar surface area (TPSA) is 95.6 Å². The summed E-state index contributed by atoms with van der Waals surface area (Å²) in [7, 11) is 0. The second-order valence-corrected chi connectivity index (χ2v) is 11.4. The molecule has 2 aliphatic rings. The van der Waals surface area contributed by atoms with Crippen molar-refractivity contribution in [3.8, 4) is 6.07 Å². The fourth-order valence-corrected chi connectivity index (χ4v) is 6.23. The quantitative estimate of drug-likeness (QED) is 0.162. The van der Waals surface area contributed by atoms with Crippen molar-refractivity contribution in [1.82, 2.24) is 9.47 Å². The van der Waals surface area contributed by atoms with Gasteiger partial charge in [-0.3, -0.25) is 23.9 Å². The Kier molecular flexibility index (Phi) is 11.0. The molecule has 2 saturated heterocycles. The minimum atomic E-state index is -0.315. The van der Waals surface area contributed by atoms with Crippen LogP contribution in [-0.2, 0) is 20.9 Å². The number of thioether (sulfide) groups is 1. The molecule has 0 bridgehead atoms. The highest BCUT2D eigenvalue weighted by molar-refractivity contribution is 8.26. The van der Waals surface area contributed by atoms with Crippen molar-refractivity contribution >= 4 is 52.1 Å². The summed E-state index contributed by atoms with van der Waals surface area (Å²) in [6.45, 7) is 10.3. The molecule has 10 heteroatoms. The average Bonchev–Trinajstić information content (AvgIpc) is 3.17. The lowest BCUT2D eigenvalue weighted by Crippen LogP contribution is -2.41. The van der Waals surface area contributed by atoms with Crippen LogP contribution < -0.4 is 10.5 Å². The molecular formula is C28H38N4O4S2. The summed E-state index contributed by atoms with van der Waals surface area (Å²) < 4.78 is 7.45. The van der Waals surface area contributed by atoms with E-state index in [2.05, 4.69) is 24.8 Å². The van der Waals surface area contributed by atoms with E-state index in [0.717, 1.165) is 32.1 Å². The molecule has 8 nitrogen and oxygen atoms in total. The number of hydrogen-bond acceptors (Lipinski definition) is 8. The Hall–Kier alpha value is -2.64. The number of piperidine rings is 1. The summed E-state index contributed by atoms with van der Waals surface area (Å²) in [6, 6.07) is 2.10. The van der Waals surface area contributed by atoms with E-state index in [-0.39, 0.29) is 28.9 Å². The van der Waals surface area contributed by atoms with Gasteiger partial charge in [-0.25, -0.2) is 0 Å². The number of anilines is 1. The van der Waals surface area contributed by atoms with E-state index in [9.17, 15) is 19.6 Å². The minimum Gasteiger partial charge on any atom is -0.466 e. The normalized spacial score (nSPS) is 17.4. The molecule has 0 N–H and O–H groups in total. The number of aromatic nitrogens is 1. The lowest BCUT2D eigenvalue weighted by atomic mass is 9.95. The molecule has 1 aromatic rings. The Morgan fingerprint density at radius 3 is 2.42 bits per heavy atom. The number of unbranched alkanes of at least 4 members (excludes halogenated alkanes) is 3. The maximum atomic E-state index is 13.5. The molecule has 0 atom stereocenters. The summed E-state index contributed by atoms with van der Waals surface area (Å²) in [4.78, 5) is 43.4. The van der Waals surface area contributed by atoms with E-state index < -0.39 is 0 Å². The second-order valence-electron chi connectivity index (χ2n) is 9.71. The Morgan fingerprint density at radius 2 is 1.82 bits per heavy atom. The number of esters is 1. The van der Waals surface area contributed by atoms with Crippen LogP contribution in [0.2, 0.25) is 0 Å². The van der Waals surface area contributed by atoms with Crippen LogP contribution in [0.3, 0.4) is 0 Å². The summed E-state index contributed by atoms with van der Waals surface area (Å²) in [5, 5.41) is 9.89. The first kappa shape index (κ1) is 29.9. The SMILES string of the molecule is CCCCCN1C(=O)C(=Cc2c(C)c(C#N)c(=O)n(CCCC)c2N2CCC(C(=O)OCC)CC2)SC1=S. The third-order valence-electron chi connectivity index (χ3n) is 7.13. The monoisotopic (exact) mass is 558 g/mol. The summed E-state index contributed by atoms with van der Waals surface area (Å²) >= 11 is 6.80. The van der Waals surface area contributed by atoms with Crippen LogP contribution in [-0.4, -0.2) is 51.9 Å². The number of ether oxygens (including phenoxy) is 1. The van der Waals surface area contributed by atoms with Crippen LogP contribution in [0.4, 0.5) is 5.82 Å². The first-order chi connectivity index (χ1) is 18.3. The molecule has 0 saturated carbocycles. The smallest absolute Gasteiger partial charge is 0.309 e. The highest BCUT2D eigenvalue weighted by Gasteiger charge is 2.34. The van der Waals surface area contributed by atoms with Gasteiger partial charge in [0.25, 0.3) is 11.5 Å². The number of rotatable bonds is 11. The van der Waals surface area contributed by atoms with Gasteiger partial charge in [0.15, 0.2) is 0 Å². The maximum absolute atomic E-state index is 13.5. The molecule has 3 heterocycles. The van der Waals surface area contributed by atoms with Crippen molar-refractivity contribution in [2.24, 2.45) is 5.92 Å². The van der Waals surface area contributed by atoms with Gasteiger partial charge in [0.1, 0.15) is 21.8 Å². The standard InChI is InChI=1S/C28H38N4O4S2/c1-5-8-10-14-32-26(34)23(38-28(32)37)17-21-19(4)22(18-29)25(33)31(13-9-6-2)24(21)30-15-11-20(12-16-30)27(35)36-7-3/h17,20H,5-16H2,1-4H3. The number of carbonyl (C=O) groups is 2. The van der Waals surface area contributed by atoms with Gasteiger partial charge in [0.2, 0.25) is 0 Å². The lowest BCUT2D eigenvalue weighted by molar-refractivity contribution is -0.148. The van der Waals surface area contributed by atoms with E-state index in [4.69, 9.17) is 17.0 Å². The summed E-state index contributed by atoms with van der Waals surface area (Å²) in [5.74, 6) is 0.216. The number of nitrogens with zero attached hydrogens (tertiary/aromatic N) is 4. The predicted molar refractivity (Wildman–Crippen MR) is 156 cm³/mol. The lowest BCUT2D eigenvalue weighted by Gasteiger charge is -2.35. The van der Waals surface area contributed by atoms with Gasteiger partial charge in [-0.05, 0) is 51.2 Å². The van der Waals surface area contributed by atoms with Crippen molar-refractivity contribution in [2.75, 3.05) is 31.1 Å². The molecular weight excluding hydrogens is 520 g/mol. The number of nitriles is 1. The third-order valence-corrected chi connectivity index (χ3v) is 8.51. The van der Waals surface area contributed by atoms with Crippen molar-refractivity contribution in [2.45, 2.75) is 79.2 Å². The Labute approximate surface area is 235 Å². The van der Waals surface area contributed by atoms with Crippen molar-refractivity contribution < 1.29 is 14.3 Å². The molecule has 1 aromatic heterocycles. The molecule has 38 heavy (non-hydrogen) atoms. The molecule has 2 aliphatic heterocycles. The molecule has 1 amide bonds. The number of hydrogen-bond donors (Lipinski definition) is 0. The number of thiocarbonyl (C=S) groups is 1. The van der Waals surface area contributed by atoms with Gasteiger partial charge in [-0.1, -0.05) is 57.1 Å². The molecule has 0 unspecified atom stereocenters. The molecule has 3 rings (SSSR count). The molecule has 0 aromatic carbocycles. The third kappa shape index (κ3) is 6.49. The van der Waals surface area contributed by atoms with Crippen LogP contribution in [0.1, 0.15) is 82.4 Å². The van der Waals surface area contributed by atoms with Gasteiger partial charge in [0.05, 0.1) is 17.4 Å². The number of amides is 1. The van der Waals surface area contributed by atoms with E-state index in [1.807, 2.05) is 6.08 Å². The zero-order valence-electron chi connectivity index (χ0n) is 22.9. The zero-order valence-corrected chi connectivity index (χ0v) is 24.5. The van der Waals surface area contributed by atoms with E-state index in [1.54, 1.807) is 23.3 Å². The van der Waals surface area contributed by atoms with Crippen LogP contribution in [0, 0.1) is 24.2 Å². The number of pyridine rings is 1. The fraction of sp³-hybridized carbons (Fsp3) is 0.607. The van der Waals surface area contributed by atoms with Crippen LogP contribution in [0.5, 0.6) is 0 Å². The van der Waals surface area contributed by atoms with Gasteiger partial charge >= 0.3 is 5.97 Å². The Morgan fingerprint density at radius 1 is 1.13 bits per heavy atom. The highest BCUT2D eigenvalue weighted by Crippen LogP contribution is 2.37. The van der Waals surface area contributed by atoms with Gasteiger partial charge in [-0.2, -0.15) is 5.26 Å². The van der Waals surface area contributed by atoms with Crippen LogP contribution >= 0.6 is 24.0 Å². The summed E-state index contributed by atoms with van der Waals surface area (Å²) in [5.41, 5.74) is 1.03. The molecule has 206 valence electrons. The Balaban J connectivity index is 2.08. The highest BCUT2D eigenvalue weighted by atomic mass is 32.2. The molecule has 0 spiro atoms. The minimum absolute atomic E-state index is 0.0935. The van der Waals surface area contributed by atoms with E-state index in [1.165, 1.54) is 11.8 Å². The van der Waals surface area contributed by atoms with E-state index in [0.29, 0.717) is 71.8 Å². The zero-order chi connectivity index (χ0) is 27.8. The molecule has 0 aliphatic carbocycles. The summed E-state index contributed by atoms with van der Waals surface area (Å²) in [6.07, 6.45) is 7.65. The van der Waals surface area contributed by atoms with Crippen molar-refractivity contribution in [3.63, 3.8) is 0 Å². The largest absolute Gasteiger partial charge is 0.466 e. The van der Waals surface area contributed by atoms with Gasteiger partial charge in [0, 0.05) is 31.7 Å². The van der Waals surface area contributed by atoms with Crippen LogP contribution in [0.15, 0.2) is 9.70 Å². The second kappa shape index (κ2) is 13.9. The number of carbonyl (C=O) groups excluding carboxylic acids is 2. The molecule has 2 fully saturated rings. The van der Waals surface area contributed by atoms with E-state index >= 15 is 0 Å².